The van der Waals surface area contributed by atoms with E-state index in [1.807, 2.05) is 0 Å². The molecule has 5 nitrogen and oxygen atoms in total. The molecule has 0 aliphatic carbocycles. The third-order valence-electron chi connectivity index (χ3n) is 1.64. The number of carboxylic acids is 1. The average Bonchev–Trinajstić information content (AvgIpc) is 2.23. The van der Waals surface area contributed by atoms with Crippen molar-refractivity contribution in [2.24, 2.45) is 0 Å². The van der Waals surface area contributed by atoms with Gasteiger partial charge in [-0.2, -0.15) is 0 Å². The van der Waals surface area contributed by atoms with Gasteiger partial charge in [-0.15, -0.1) is 0 Å². The summed E-state index contributed by atoms with van der Waals surface area (Å²) in [4.78, 5) is 21.1. The third-order valence-corrected chi connectivity index (χ3v) is 1.88. The van der Waals surface area contributed by atoms with Crippen molar-refractivity contribution in [1.82, 2.24) is 5.32 Å². The molecule has 1 rings (SSSR count). The number of hydrogen-bond acceptors (Lipinski definition) is 3. The van der Waals surface area contributed by atoms with Crippen molar-refractivity contribution in [3.05, 3.63) is 34.9 Å². The third kappa shape index (κ3) is 4.65. The lowest BCUT2D eigenvalue weighted by Gasteiger charge is -2.05. The summed E-state index contributed by atoms with van der Waals surface area (Å²) in [6.07, 6.45) is -0.776. The minimum absolute atomic E-state index is 0.0476. The molecule has 0 heterocycles. The second-order valence-corrected chi connectivity index (χ2v) is 3.39. The van der Waals surface area contributed by atoms with E-state index in [1.165, 1.54) is 0 Å². The number of nitrogens with one attached hydrogen (secondary N) is 1. The molecule has 1 aromatic rings. The quantitative estimate of drug-likeness (QED) is 0.843. The highest BCUT2D eigenvalue weighted by molar-refractivity contribution is 6.30. The number of carboxylic acid groups (broad SMARTS) is 1. The smallest absolute Gasteiger partial charge is 0.407 e. The summed E-state index contributed by atoms with van der Waals surface area (Å²) in [5.41, 5.74) is 0.734. The summed E-state index contributed by atoms with van der Waals surface area (Å²) >= 11 is 5.73. The monoisotopic (exact) mass is 243 g/mol. The van der Waals surface area contributed by atoms with Crippen molar-refractivity contribution in [3.63, 3.8) is 0 Å². The molecule has 6 heteroatoms. The summed E-state index contributed by atoms with van der Waals surface area (Å²) in [5.74, 6) is -1.13. The fourth-order valence-electron chi connectivity index (χ4n) is 0.974. The molecule has 0 atom stereocenters. The Morgan fingerprint density at radius 2 is 2.19 bits per heavy atom. The van der Waals surface area contributed by atoms with Gasteiger partial charge in [0.05, 0.1) is 0 Å². The predicted octanol–water partition coefficient (Wildman–Crippen LogP) is 1.65. The Balaban J connectivity index is 2.34. The van der Waals surface area contributed by atoms with Crippen molar-refractivity contribution in [2.45, 2.75) is 6.61 Å². The summed E-state index contributed by atoms with van der Waals surface area (Å²) < 4.78 is 4.76. The van der Waals surface area contributed by atoms with Gasteiger partial charge in [-0.25, -0.2) is 4.79 Å². The van der Waals surface area contributed by atoms with Crippen LogP contribution in [0.3, 0.4) is 0 Å². The Labute approximate surface area is 97.0 Å². The van der Waals surface area contributed by atoms with Gasteiger partial charge in [-0.3, -0.25) is 4.79 Å². The Morgan fingerprint density at radius 1 is 1.44 bits per heavy atom. The predicted molar refractivity (Wildman–Crippen MR) is 57.3 cm³/mol. The van der Waals surface area contributed by atoms with Crippen LogP contribution in [0.5, 0.6) is 0 Å². The minimum atomic E-state index is -1.13. The molecule has 0 unspecified atom stereocenters. The largest absolute Gasteiger partial charge is 0.480 e. The van der Waals surface area contributed by atoms with Crippen LogP contribution in [0.1, 0.15) is 5.56 Å². The number of aliphatic carboxylic acids is 1. The second-order valence-electron chi connectivity index (χ2n) is 2.95. The number of ether oxygens (including phenoxy) is 1. The van der Waals surface area contributed by atoms with E-state index in [2.05, 4.69) is 5.32 Å². The molecule has 86 valence electrons. The fraction of sp³-hybridized carbons (Fsp3) is 0.200. The van der Waals surface area contributed by atoms with E-state index < -0.39 is 18.6 Å². The molecule has 1 amide bonds. The lowest BCUT2D eigenvalue weighted by molar-refractivity contribution is -0.135. The van der Waals surface area contributed by atoms with Crippen molar-refractivity contribution >= 4 is 23.7 Å². The average molecular weight is 244 g/mol. The van der Waals surface area contributed by atoms with Gasteiger partial charge in [0.1, 0.15) is 13.2 Å². The van der Waals surface area contributed by atoms with E-state index in [0.29, 0.717) is 5.02 Å². The molecular formula is C10H10ClNO4. The first-order chi connectivity index (χ1) is 7.58. The maximum atomic E-state index is 11.0. The second kappa shape index (κ2) is 5.97. The molecule has 0 bridgehead atoms. The van der Waals surface area contributed by atoms with Gasteiger partial charge in [-0.1, -0.05) is 23.7 Å². The van der Waals surface area contributed by atoms with E-state index in [0.717, 1.165) is 5.56 Å². The van der Waals surface area contributed by atoms with Gasteiger partial charge in [0.15, 0.2) is 0 Å². The number of benzene rings is 1. The van der Waals surface area contributed by atoms with Gasteiger partial charge < -0.3 is 15.2 Å². The van der Waals surface area contributed by atoms with Crippen LogP contribution in [0.4, 0.5) is 4.79 Å². The number of hydrogen-bond donors (Lipinski definition) is 2. The maximum absolute atomic E-state index is 11.0. The van der Waals surface area contributed by atoms with Crippen LogP contribution >= 0.6 is 11.6 Å². The zero-order chi connectivity index (χ0) is 12.0. The molecule has 0 aromatic heterocycles. The first-order valence-electron chi connectivity index (χ1n) is 4.45. The summed E-state index contributed by atoms with van der Waals surface area (Å²) in [6, 6.07) is 6.84. The van der Waals surface area contributed by atoms with Crippen LogP contribution in [0.2, 0.25) is 5.02 Å². The molecule has 0 saturated carbocycles. The van der Waals surface area contributed by atoms with Gasteiger partial charge in [-0.05, 0) is 17.7 Å². The topological polar surface area (TPSA) is 75.6 Å². The van der Waals surface area contributed by atoms with Crippen LogP contribution in [-0.2, 0) is 16.1 Å². The van der Waals surface area contributed by atoms with Crippen molar-refractivity contribution < 1.29 is 19.4 Å². The first-order valence-corrected chi connectivity index (χ1v) is 4.82. The number of carbonyl (C=O) groups is 2. The fourth-order valence-corrected chi connectivity index (χ4v) is 1.19. The lowest BCUT2D eigenvalue weighted by Crippen LogP contribution is -2.29. The van der Waals surface area contributed by atoms with Crippen LogP contribution in [0.25, 0.3) is 0 Å². The standard InChI is InChI=1S/C10H10ClNO4/c11-8-3-1-2-7(4-8)6-16-10(15)12-5-9(13)14/h1-4H,5-6H2,(H,12,15)(H,13,14). The Bertz CT molecular complexity index is 394. The lowest BCUT2D eigenvalue weighted by atomic mass is 10.2. The molecule has 0 saturated heterocycles. The molecule has 0 aliphatic rings. The normalized spacial score (nSPS) is 9.56. The van der Waals surface area contributed by atoms with Crippen molar-refractivity contribution in [1.29, 1.82) is 0 Å². The Morgan fingerprint density at radius 3 is 2.81 bits per heavy atom. The number of rotatable bonds is 4. The molecule has 0 aliphatic heterocycles. The summed E-state index contributed by atoms with van der Waals surface area (Å²) in [6.45, 7) is -0.416. The minimum Gasteiger partial charge on any atom is -0.480 e. The zero-order valence-corrected chi connectivity index (χ0v) is 9.03. The molecule has 2 N–H and O–H groups in total. The van der Waals surface area contributed by atoms with Crippen molar-refractivity contribution in [3.8, 4) is 0 Å². The zero-order valence-electron chi connectivity index (χ0n) is 8.27. The number of alkyl carbamates (subject to hydrolysis) is 1. The number of halogens is 1. The molecule has 0 radical (unpaired) electrons. The van der Waals surface area contributed by atoms with Crippen molar-refractivity contribution in [2.75, 3.05) is 6.54 Å². The molecule has 0 spiro atoms. The van der Waals surface area contributed by atoms with Crippen LogP contribution in [0.15, 0.2) is 24.3 Å². The molecular weight excluding hydrogens is 234 g/mol. The summed E-state index contributed by atoms with van der Waals surface area (Å²) in [5, 5.41) is 10.9. The van der Waals surface area contributed by atoms with Gasteiger partial charge >= 0.3 is 12.1 Å². The van der Waals surface area contributed by atoms with E-state index in [-0.39, 0.29) is 6.61 Å². The van der Waals surface area contributed by atoms with Crippen LogP contribution in [0, 0.1) is 0 Å². The first kappa shape index (κ1) is 12.3. The molecule has 0 fully saturated rings. The van der Waals surface area contributed by atoms with Gasteiger partial charge in [0.2, 0.25) is 0 Å². The van der Waals surface area contributed by atoms with E-state index >= 15 is 0 Å². The maximum Gasteiger partial charge on any atom is 0.407 e. The van der Waals surface area contributed by atoms with Crippen LogP contribution in [-0.4, -0.2) is 23.7 Å². The Kier molecular flexibility index (Phi) is 4.60. The highest BCUT2D eigenvalue weighted by Gasteiger charge is 2.04. The van der Waals surface area contributed by atoms with E-state index in [9.17, 15) is 9.59 Å². The van der Waals surface area contributed by atoms with Crippen LogP contribution < -0.4 is 5.32 Å². The molecule has 1 aromatic carbocycles. The number of carbonyl (C=O) groups excluding carboxylic acids is 1. The SMILES string of the molecule is O=C(O)CNC(=O)OCc1cccc(Cl)c1. The highest BCUT2D eigenvalue weighted by Crippen LogP contribution is 2.11. The summed E-state index contributed by atoms with van der Waals surface area (Å²) in [7, 11) is 0. The molecule has 16 heavy (non-hydrogen) atoms. The van der Waals surface area contributed by atoms with Gasteiger partial charge in [0, 0.05) is 5.02 Å². The van der Waals surface area contributed by atoms with Gasteiger partial charge in [0.25, 0.3) is 0 Å². The van der Waals surface area contributed by atoms with E-state index in [4.69, 9.17) is 21.4 Å². The highest BCUT2D eigenvalue weighted by atomic mass is 35.5. The number of amides is 1. The van der Waals surface area contributed by atoms with E-state index in [1.54, 1.807) is 24.3 Å². The Hall–Kier alpha value is -1.75.